The third kappa shape index (κ3) is 3.34. The summed E-state index contributed by atoms with van der Waals surface area (Å²) in [5.74, 6) is 0. The number of benzene rings is 2. The molecule has 0 aliphatic heterocycles. The summed E-state index contributed by atoms with van der Waals surface area (Å²) in [7, 11) is 1.79. The van der Waals surface area contributed by atoms with Gasteiger partial charge in [-0.15, -0.1) is 0 Å². The third-order valence-electron chi connectivity index (χ3n) is 3.90. The quantitative estimate of drug-likeness (QED) is 0.748. The van der Waals surface area contributed by atoms with Crippen LogP contribution in [0.1, 0.15) is 11.1 Å². The van der Waals surface area contributed by atoms with Gasteiger partial charge in [-0.25, -0.2) is 0 Å². The fourth-order valence-electron chi connectivity index (χ4n) is 2.61. The molecule has 2 aromatic carbocycles. The molecule has 1 aliphatic rings. The van der Waals surface area contributed by atoms with Crippen molar-refractivity contribution in [2.24, 2.45) is 4.99 Å². The van der Waals surface area contributed by atoms with Gasteiger partial charge in [0, 0.05) is 22.9 Å². The lowest BCUT2D eigenvalue weighted by Gasteiger charge is -2.15. The molecular formula is C20H18BrN3. The van der Waals surface area contributed by atoms with Crippen LogP contribution in [0.4, 0.5) is 11.4 Å². The summed E-state index contributed by atoms with van der Waals surface area (Å²) < 4.78 is 0.883. The van der Waals surface area contributed by atoms with Crippen molar-refractivity contribution in [2.75, 3.05) is 18.5 Å². The van der Waals surface area contributed by atoms with Crippen molar-refractivity contribution in [1.82, 2.24) is 0 Å². The molecule has 2 aromatic rings. The maximum absolute atomic E-state index is 5.94. The number of nitrogen functional groups attached to an aromatic ring is 2. The van der Waals surface area contributed by atoms with Crippen LogP contribution in [0.15, 0.2) is 81.8 Å². The normalized spacial score (nSPS) is 13.2. The Morgan fingerprint density at radius 2 is 1.50 bits per heavy atom. The highest BCUT2D eigenvalue weighted by atomic mass is 79.9. The van der Waals surface area contributed by atoms with E-state index in [2.05, 4.69) is 33.1 Å². The van der Waals surface area contributed by atoms with Gasteiger partial charge in [0.05, 0.1) is 5.71 Å². The fourth-order valence-corrected chi connectivity index (χ4v) is 2.99. The van der Waals surface area contributed by atoms with Crippen LogP contribution in [0.3, 0.4) is 0 Å². The van der Waals surface area contributed by atoms with Gasteiger partial charge in [0.2, 0.25) is 0 Å². The van der Waals surface area contributed by atoms with E-state index in [1.807, 2.05) is 54.6 Å². The van der Waals surface area contributed by atoms with Gasteiger partial charge in [0.25, 0.3) is 0 Å². The zero-order valence-electron chi connectivity index (χ0n) is 13.3. The van der Waals surface area contributed by atoms with Gasteiger partial charge in [-0.05, 0) is 74.6 Å². The zero-order chi connectivity index (χ0) is 17.1. The van der Waals surface area contributed by atoms with Crippen LogP contribution < -0.4 is 11.5 Å². The number of rotatable bonds is 2. The van der Waals surface area contributed by atoms with E-state index in [0.717, 1.165) is 43.8 Å². The molecule has 0 spiro atoms. The molecule has 0 radical (unpaired) electrons. The van der Waals surface area contributed by atoms with Crippen molar-refractivity contribution in [3.05, 3.63) is 87.9 Å². The van der Waals surface area contributed by atoms with Gasteiger partial charge < -0.3 is 11.5 Å². The van der Waals surface area contributed by atoms with E-state index in [1.165, 1.54) is 0 Å². The number of hydrogen-bond donors (Lipinski definition) is 2. The van der Waals surface area contributed by atoms with E-state index in [1.54, 1.807) is 7.05 Å². The second kappa shape index (κ2) is 6.89. The SMILES string of the molecule is CN=C1C=CC(=C(c2ccc(N)cc2)c2ccc(N)c(Br)c2)C=C1. The van der Waals surface area contributed by atoms with E-state index in [0.29, 0.717) is 0 Å². The standard InChI is InChI=1S/C20H18BrN3/c1-24-17-9-4-14(5-10-17)20(13-2-7-16(22)8-3-13)15-6-11-19(23)18(21)12-15/h2-12H,22-23H2,1H3. The third-order valence-corrected chi connectivity index (χ3v) is 4.59. The molecule has 4 N–H and O–H groups in total. The zero-order valence-corrected chi connectivity index (χ0v) is 14.9. The Balaban J connectivity index is 2.20. The van der Waals surface area contributed by atoms with E-state index in [9.17, 15) is 0 Å². The number of aliphatic imine (C=N–C) groups is 1. The highest BCUT2D eigenvalue weighted by molar-refractivity contribution is 9.10. The Hall–Kier alpha value is -2.59. The van der Waals surface area contributed by atoms with Crippen LogP contribution in [0, 0.1) is 0 Å². The van der Waals surface area contributed by atoms with Gasteiger partial charge in [0.1, 0.15) is 0 Å². The predicted molar refractivity (Wildman–Crippen MR) is 107 cm³/mol. The molecule has 0 atom stereocenters. The second-order valence-electron chi connectivity index (χ2n) is 5.50. The minimum absolute atomic E-state index is 0.718. The van der Waals surface area contributed by atoms with Crippen LogP contribution in [-0.4, -0.2) is 12.8 Å². The summed E-state index contributed by atoms with van der Waals surface area (Å²) in [6.45, 7) is 0. The monoisotopic (exact) mass is 379 g/mol. The topological polar surface area (TPSA) is 64.4 Å². The molecule has 120 valence electrons. The van der Waals surface area contributed by atoms with Crippen LogP contribution in [0.5, 0.6) is 0 Å². The van der Waals surface area contributed by atoms with Crippen LogP contribution >= 0.6 is 15.9 Å². The molecule has 0 bridgehead atoms. The Morgan fingerprint density at radius 1 is 0.875 bits per heavy atom. The van der Waals surface area contributed by atoms with Crippen molar-refractivity contribution in [1.29, 1.82) is 0 Å². The van der Waals surface area contributed by atoms with Gasteiger partial charge >= 0.3 is 0 Å². The van der Waals surface area contributed by atoms with Crippen molar-refractivity contribution in [3.63, 3.8) is 0 Å². The first-order valence-electron chi connectivity index (χ1n) is 7.57. The molecule has 0 aromatic heterocycles. The largest absolute Gasteiger partial charge is 0.399 e. The molecule has 0 unspecified atom stereocenters. The maximum atomic E-state index is 5.94. The Morgan fingerprint density at radius 3 is 2.08 bits per heavy atom. The number of nitrogens with two attached hydrogens (primary N) is 2. The Kier molecular flexibility index (Phi) is 4.67. The van der Waals surface area contributed by atoms with Crippen molar-refractivity contribution >= 4 is 38.6 Å². The minimum Gasteiger partial charge on any atom is -0.399 e. The fraction of sp³-hybridized carbons (Fsp3) is 0.0500. The highest BCUT2D eigenvalue weighted by Crippen LogP contribution is 2.33. The average molecular weight is 380 g/mol. The van der Waals surface area contributed by atoms with Crippen LogP contribution in [0.2, 0.25) is 0 Å². The molecule has 24 heavy (non-hydrogen) atoms. The lowest BCUT2D eigenvalue weighted by atomic mass is 9.90. The highest BCUT2D eigenvalue weighted by Gasteiger charge is 2.12. The van der Waals surface area contributed by atoms with Gasteiger partial charge in [0.15, 0.2) is 0 Å². The van der Waals surface area contributed by atoms with Gasteiger partial charge in [-0.3, -0.25) is 4.99 Å². The van der Waals surface area contributed by atoms with Crippen molar-refractivity contribution in [2.45, 2.75) is 0 Å². The first kappa shape index (κ1) is 16.3. The number of anilines is 2. The lowest BCUT2D eigenvalue weighted by molar-refractivity contribution is 1.44. The molecule has 0 saturated heterocycles. The van der Waals surface area contributed by atoms with Crippen molar-refractivity contribution < 1.29 is 0 Å². The molecule has 0 saturated carbocycles. The van der Waals surface area contributed by atoms with Gasteiger partial charge in [-0.2, -0.15) is 0 Å². The number of hydrogen-bond acceptors (Lipinski definition) is 3. The van der Waals surface area contributed by atoms with E-state index in [-0.39, 0.29) is 0 Å². The maximum Gasteiger partial charge on any atom is 0.0571 e. The number of halogens is 1. The van der Waals surface area contributed by atoms with Crippen molar-refractivity contribution in [3.8, 4) is 0 Å². The summed E-state index contributed by atoms with van der Waals surface area (Å²) >= 11 is 3.52. The smallest absolute Gasteiger partial charge is 0.0571 e. The summed E-state index contributed by atoms with van der Waals surface area (Å²) in [6.07, 6.45) is 8.19. The van der Waals surface area contributed by atoms with Crippen LogP contribution in [-0.2, 0) is 0 Å². The van der Waals surface area contributed by atoms with E-state index in [4.69, 9.17) is 11.5 Å². The number of allylic oxidation sites excluding steroid dienone is 5. The second-order valence-corrected chi connectivity index (χ2v) is 6.36. The summed E-state index contributed by atoms with van der Waals surface area (Å²) in [5, 5.41) is 0. The summed E-state index contributed by atoms with van der Waals surface area (Å²) in [5.41, 5.74) is 18.6. The lowest BCUT2D eigenvalue weighted by Crippen LogP contribution is -1.99. The van der Waals surface area contributed by atoms with Crippen LogP contribution in [0.25, 0.3) is 5.57 Å². The Labute approximate surface area is 150 Å². The molecule has 4 heteroatoms. The molecule has 1 aliphatic carbocycles. The number of nitrogens with zero attached hydrogens (tertiary/aromatic N) is 1. The molecule has 3 nitrogen and oxygen atoms in total. The summed E-state index contributed by atoms with van der Waals surface area (Å²) in [4.78, 5) is 4.20. The molecule has 0 heterocycles. The molecule has 0 amide bonds. The first-order valence-corrected chi connectivity index (χ1v) is 8.36. The molecular weight excluding hydrogens is 362 g/mol. The average Bonchev–Trinajstić information content (AvgIpc) is 2.60. The Bertz CT molecular complexity index is 870. The molecule has 3 rings (SSSR count). The first-order chi connectivity index (χ1) is 11.6. The predicted octanol–water partition coefficient (Wildman–Crippen LogP) is 4.61. The van der Waals surface area contributed by atoms with E-state index >= 15 is 0 Å². The molecule has 0 fully saturated rings. The van der Waals surface area contributed by atoms with E-state index < -0.39 is 0 Å². The minimum atomic E-state index is 0.718. The van der Waals surface area contributed by atoms with Gasteiger partial charge in [-0.1, -0.05) is 30.4 Å². The summed E-state index contributed by atoms with van der Waals surface area (Å²) in [6, 6.07) is 13.9.